The molecule has 0 aromatic carbocycles. The Bertz CT molecular complexity index is 959. The molecule has 0 bridgehead atoms. The smallest absolute Gasteiger partial charge is 0.379 e. The highest BCUT2D eigenvalue weighted by molar-refractivity contribution is 6.23. The third kappa shape index (κ3) is 3.86. The van der Waals surface area contributed by atoms with Crippen LogP contribution < -0.4 is 0 Å². The third-order valence-electron chi connectivity index (χ3n) is 6.38. The number of urea groups is 1. The van der Waals surface area contributed by atoms with Gasteiger partial charge in [0, 0.05) is 39.6 Å². The molecule has 10 heteroatoms. The summed E-state index contributed by atoms with van der Waals surface area (Å²) in [5.41, 5.74) is 2.02. The summed E-state index contributed by atoms with van der Waals surface area (Å²) in [6.45, 7) is 12.2. The maximum Gasteiger partial charge on any atom is 0.421 e. The van der Waals surface area contributed by atoms with Crippen LogP contribution in [0.5, 0.6) is 0 Å². The number of hydrogen-bond donors (Lipinski definition) is 0. The highest BCUT2D eigenvalue weighted by Gasteiger charge is 2.53. The van der Waals surface area contributed by atoms with Crippen molar-refractivity contribution in [3.63, 3.8) is 0 Å². The van der Waals surface area contributed by atoms with Crippen molar-refractivity contribution in [2.45, 2.75) is 52.6 Å². The molecule has 32 heavy (non-hydrogen) atoms. The van der Waals surface area contributed by atoms with E-state index in [4.69, 9.17) is 14.8 Å². The van der Waals surface area contributed by atoms with E-state index >= 15 is 0 Å². The Hall–Kier alpha value is -2.59. The number of amides is 3. The SMILES string of the molecule is CCc1cc(CC)n(C2=[N+](C(C)C)C3C(=O)N(CCN4CCOCC4)C(=O)N(C)C3=N2)n1. The molecular weight excluding hydrogens is 410 g/mol. The van der Waals surface area contributed by atoms with Crippen LogP contribution in [0.2, 0.25) is 0 Å². The molecule has 10 nitrogen and oxygen atoms in total. The van der Waals surface area contributed by atoms with Crippen molar-refractivity contribution >= 4 is 23.7 Å². The van der Waals surface area contributed by atoms with Crippen LogP contribution in [0.25, 0.3) is 0 Å². The summed E-state index contributed by atoms with van der Waals surface area (Å²) in [6, 6.07) is 1.13. The second-order valence-electron chi connectivity index (χ2n) is 8.70. The van der Waals surface area contributed by atoms with Crippen molar-refractivity contribution in [3.8, 4) is 0 Å². The highest BCUT2D eigenvalue weighted by Crippen LogP contribution is 2.23. The lowest BCUT2D eigenvalue weighted by Gasteiger charge is -2.36. The van der Waals surface area contributed by atoms with Crippen LogP contribution in [0.1, 0.15) is 39.1 Å². The van der Waals surface area contributed by atoms with Gasteiger partial charge in [0.05, 0.1) is 24.9 Å². The maximum atomic E-state index is 13.6. The van der Waals surface area contributed by atoms with Crippen LogP contribution in [0.4, 0.5) is 4.79 Å². The van der Waals surface area contributed by atoms with Gasteiger partial charge in [-0.3, -0.25) is 19.5 Å². The molecule has 4 rings (SSSR count). The molecule has 3 aliphatic rings. The molecule has 3 amide bonds. The van der Waals surface area contributed by atoms with E-state index in [1.165, 1.54) is 9.80 Å². The average molecular weight is 445 g/mol. The molecule has 0 radical (unpaired) electrons. The monoisotopic (exact) mass is 444 g/mol. The summed E-state index contributed by atoms with van der Waals surface area (Å²) in [5, 5.41) is 4.74. The summed E-state index contributed by atoms with van der Waals surface area (Å²) in [6.07, 6.45) is 1.62. The number of likely N-dealkylation sites (N-methyl/N-ethyl adjacent to an activating group) is 1. The standard InChI is InChI=1S/C22H34N7O3/c1-6-16-14-17(7-2)29(24-16)21-23-19-18(28(21)15(3)4)20(30)27(22(31)25(19)5)9-8-26-10-12-32-13-11-26/h14-15,18H,6-13H2,1-5H3/q+1. The molecule has 1 atom stereocenters. The molecule has 3 aliphatic heterocycles. The first-order valence-electron chi connectivity index (χ1n) is 11.6. The number of imide groups is 1. The minimum absolute atomic E-state index is 0.00174. The van der Waals surface area contributed by atoms with Crippen molar-refractivity contribution in [2.75, 3.05) is 46.4 Å². The first-order chi connectivity index (χ1) is 15.4. The van der Waals surface area contributed by atoms with E-state index in [1.807, 2.05) is 23.1 Å². The third-order valence-corrected chi connectivity index (χ3v) is 6.38. The molecule has 0 aliphatic carbocycles. The van der Waals surface area contributed by atoms with E-state index < -0.39 is 6.04 Å². The number of ether oxygens (including phenoxy) is 1. The molecule has 2 fully saturated rings. The summed E-state index contributed by atoms with van der Waals surface area (Å²) in [7, 11) is 1.70. The van der Waals surface area contributed by atoms with E-state index in [1.54, 1.807) is 7.05 Å². The van der Waals surface area contributed by atoms with E-state index in [2.05, 4.69) is 24.8 Å². The predicted octanol–water partition coefficient (Wildman–Crippen LogP) is 0.640. The molecule has 0 N–H and O–H groups in total. The number of carbonyl (C=O) groups excluding carboxylic acids is 2. The van der Waals surface area contributed by atoms with Crippen molar-refractivity contribution < 1.29 is 18.9 Å². The quantitative estimate of drug-likeness (QED) is 0.601. The van der Waals surface area contributed by atoms with Crippen molar-refractivity contribution in [3.05, 3.63) is 17.5 Å². The minimum Gasteiger partial charge on any atom is -0.379 e. The number of nitrogens with zero attached hydrogens (tertiary/aromatic N) is 7. The molecule has 0 spiro atoms. The number of morpholine rings is 1. The fraction of sp³-hybridized carbons (Fsp3) is 0.682. The average Bonchev–Trinajstić information content (AvgIpc) is 3.40. The Morgan fingerprint density at radius 3 is 2.50 bits per heavy atom. The highest BCUT2D eigenvalue weighted by atomic mass is 16.5. The minimum atomic E-state index is -0.628. The van der Waals surface area contributed by atoms with Crippen molar-refractivity contribution in [2.24, 2.45) is 4.99 Å². The number of amidine groups is 1. The Balaban J connectivity index is 1.68. The van der Waals surface area contributed by atoms with Crippen LogP contribution in [-0.4, -0.2) is 111 Å². The lowest BCUT2D eigenvalue weighted by Crippen LogP contribution is -2.64. The molecule has 174 valence electrons. The molecule has 4 heterocycles. The lowest BCUT2D eigenvalue weighted by molar-refractivity contribution is -0.567. The fourth-order valence-electron chi connectivity index (χ4n) is 4.50. The summed E-state index contributed by atoms with van der Waals surface area (Å²) in [4.78, 5) is 36.6. The Morgan fingerprint density at radius 2 is 1.88 bits per heavy atom. The Labute approximate surface area is 189 Å². The molecule has 0 saturated carbocycles. The zero-order valence-electron chi connectivity index (χ0n) is 19.7. The maximum absolute atomic E-state index is 13.6. The number of aryl methyl sites for hydroxylation is 2. The van der Waals surface area contributed by atoms with Gasteiger partial charge in [-0.25, -0.2) is 9.37 Å². The van der Waals surface area contributed by atoms with Gasteiger partial charge >= 0.3 is 12.0 Å². The largest absolute Gasteiger partial charge is 0.421 e. The van der Waals surface area contributed by atoms with Crippen molar-refractivity contribution in [1.29, 1.82) is 0 Å². The van der Waals surface area contributed by atoms with E-state index in [0.29, 0.717) is 38.1 Å². The molecular formula is C22H34N7O3+. The summed E-state index contributed by atoms with van der Waals surface area (Å²) < 4.78 is 9.23. The zero-order chi connectivity index (χ0) is 23.0. The van der Waals surface area contributed by atoms with Gasteiger partial charge in [0.15, 0.2) is 0 Å². The number of carbonyl (C=O) groups is 2. The second-order valence-corrected chi connectivity index (χ2v) is 8.70. The fourth-order valence-corrected chi connectivity index (χ4v) is 4.50. The van der Waals surface area contributed by atoms with Crippen LogP contribution in [0, 0.1) is 0 Å². The number of aliphatic imine (C=N–C) groups is 1. The second kappa shape index (κ2) is 9.11. The zero-order valence-corrected chi connectivity index (χ0v) is 19.7. The summed E-state index contributed by atoms with van der Waals surface area (Å²) >= 11 is 0. The summed E-state index contributed by atoms with van der Waals surface area (Å²) in [5.74, 6) is 0.867. The van der Waals surface area contributed by atoms with Gasteiger partial charge in [0.25, 0.3) is 5.91 Å². The number of fused-ring (bicyclic) bond motifs is 1. The predicted molar refractivity (Wildman–Crippen MR) is 120 cm³/mol. The van der Waals surface area contributed by atoms with Gasteiger partial charge in [0.2, 0.25) is 11.9 Å². The van der Waals surface area contributed by atoms with Crippen LogP contribution >= 0.6 is 0 Å². The normalized spacial score (nSPS) is 22.3. The lowest BCUT2D eigenvalue weighted by atomic mass is 10.1. The van der Waals surface area contributed by atoms with E-state index in [-0.39, 0.29) is 18.0 Å². The number of hydrogen-bond acceptors (Lipinski definition) is 6. The van der Waals surface area contributed by atoms with E-state index in [9.17, 15) is 9.59 Å². The van der Waals surface area contributed by atoms with Crippen LogP contribution in [0.3, 0.4) is 0 Å². The van der Waals surface area contributed by atoms with Crippen LogP contribution in [-0.2, 0) is 22.4 Å². The number of rotatable bonds is 6. The Kier molecular flexibility index (Phi) is 6.43. The van der Waals surface area contributed by atoms with Gasteiger partial charge in [-0.2, -0.15) is 0 Å². The molecule has 1 aromatic rings. The van der Waals surface area contributed by atoms with E-state index in [0.717, 1.165) is 37.3 Å². The van der Waals surface area contributed by atoms with Gasteiger partial charge in [-0.15, -0.1) is 9.78 Å². The topological polar surface area (TPSA) is 86.3 Å². The van der Waals surface area contributed by atoms with Gasteiger partial charge in [0.1, 0.15) is 5.69 Å². The van der Waals surface area contributed by atoms with Gasteiger partial charge in [-0.1, -0.05) is 18.8 Å². The molecule has 1 aromatic heterocycles. The Morgan fingerprint density at radius 1 is 1.16 bits per heavy atom. The van der Waals surface area contributed by atoms with Gasteiger partial charge < -0.3 is 4.74 Å². The molecule has 2 saturated heterocycles. The number of aromatic nitrogens is 2. The van der Waals surface area contributed by atoms with Gasteiger partial charge in [-0.05, 0) is 26.3 Å². The van der Waals surface area contributed by atoms with Crippen LogP contribution in [0.15, 0.2) is 11.1 Å². The first-order valence-corrected chi connectivity index (χ1v) is 11.6. The molecule has 1 unspecified atom stereocenters. The van der Waals surface area contributed by atoms with Crippen molar-refractivity contribution in [1.82, 2.24) is 24.5 Å². The first kappa shape index (κ1) is 22.6.